The first-order valence-corrected chi connectivity index (χ1v) is 5.27. The van der Waals surface area contributed by atoms with Gasteiger partial charge in [-0.1, -0.05) is 20.3 Å². The fourth-order valence-corrected chi connectivity index (χ4v) is 1.35. The van der Waals surface area contributed by atoms with Crippen molar-refractivity contribution in [2.75, 3.05) is 13.7 Å². The normalized spacial score (nSPS) is 13.8. The van der Waals surface area contributed by atoms with E-state index in [9.17, 15) is 4.79 Å². The van der Waals surface area contributed by atoms with E-state index in [0.717, 1.165) is 6.54 Å². The van der Waals surface area contributed by atoms with Crippen LogP contribution in [-0.2, 0) is 9.53 Å². The Morgan fingerprint density at radius 3 is 2.50 bits per heavy atom. The first kappa shape index (κ1) is 13.4. The number of hydrogen-bond acceptors (Lipinski definition) is 3. The van der Waals surface area contributed by atoms with Gasteiger partial charge in [-0.15, -0.1) is 0 Å². The van der Waals surface area contributed by atoms with Gasteiger partial charge in [-0.25, -0.2) is 0 Å². The number of nitrogens with one attached hydrogen (secondary N) is 1. The van der Waals surface area contributed by atoms with Crippen molar-refractivity contribution < 1.29 is 9.53 Å². The van der Waals surface area contributed by atoms with Crippen molar-refractivity contribution in [3.05, 3.63) is 0 Å². The second kappa shape index (κ2) is 6.02. The van der Waals surface area contributed by atoms with Gasteiger partial charge in [0.2, 0.25) is 0 Å². The monoisotopic (exact) mass is 201 g/mol. The summed E-state index contributed by atoms with van der Waals surface area (Å²) in [5.41, 5.74) is -0.573. The highest BCUT2D eigenvalue weighted by Crippen LogP contribution is 2.08. The van der Waals surface area contributed by atoms with Crippen LogP contribution in [0, 0.1) is 5.92 Å². The number of carbonyl (C=O) groups is 1. The Kier molecular flexibility index (Phi) is 5.77. The molecule has 84 valence electrons. The van der Waals surface area contributed by atoms with Gasteiger partial charge in [0.1, 0.15) is 5.54 Å². The van der Waals surface area contributed by atoms with Crippen molar-refractivity contribution in [3.63, 3.8) is 0 Å². The van der Waals surface area contributed by atoms with Gasteiger partial charge in [0.25, 0.3) is 0 Å². The molecule has 0 aliphatic carbocycles. The first-order chi connectivity index (χ1) is 6.44. The van der Waals surface area contributed by atoms with E-state index in [1.165, 1.54) is 20.0 Å². The predicted octanol–water partition coefficient (Wildman–Crippen LogP) is 1.96. The number of ether oxygens (including phenoxy) is 1. The highest BCUT2D eigenvalue weighted by Gasteiger charge is 2.27. The van der Waals surface area contributed by atoms with Crippen molar-refractivity contribution in [3.8, 4) is 0 Å². The molecule has 3 nitrogen and oxygen atoms in total. The molecule has 0 aromatic heterocycles. The maximum atomic E-state index is 11.3. The summed E-state index contributed by atoms with van der Waals surface area (Å²) in [5.74, 6) is 0.394. The van der Waals surface area contributed by atoms with Crippen molar-refractivity contribution in [2.24, 2.45) is 5.92 Å². The predicted molar refractivity (Wildman–Crippen MR) is 58.2 cm³/mol. The van der Waals surface area contributed by atoms with Crippen LogP contribution < -0.4 is 5.32 Å². The summed E-state index contributed by atoms with van der Waals surface area (Å²) in [6.07, 6.45) is 2.37. The molecule has 0 fully saturated rings. The third-order valence-electron chi connectivity index (χ3n) is 2.37. The van der Waals surface area contributed by atoms with Crippen molar-refractivity contribution in [2.45, 2.75) is 46.1 Å². The average Bonchev–Trinajstić information content (AvgIpc) is 2.14. The summed E-state index contributed by atoms with van der Waals surface area (Å²) < 4.78 is 4.71. The van der Waals surface area contributed by atoms with Gasteiger partial charge in [-0.3, -0.25) is 4.79 Å². The van der Waals surface area contributed by atoms with Crippen LogP contribution in [0.25, 0.3) is 0 Å². The Balaban J connectivity index is 3.92. The topological polar surface area (TPSA) is 38.3 Å². The summed E-state index contributed by atoms with van der Waals surface area (Å²) >= 11 is 0. The number of rotatable bonds is 6. The lowest BCUT2D eigenvalue weighted by molar-refractivity contribution is -0.147. The van der Waals surface area contributed by atoms with Crippen LogP contribution in [0.1, 0.15) is 40.5 Å². The highest BCUT2D eigenvalue weighted by atomic mass is 16.5. The lowest BCUT2D eigenvalue weighted by atomic mass is 10.0. The quantitative estimate of drug-likeness (QED) is 0.668. The molecular formula is C11H23NO2. The zero-order valence-corrected chi connectivity index (χ0v) is 10.0. The largest absolute Gasteiger partial charge is 0.468 e. The maximum absolute atomic E-state index is 11.3. The molecule has 0 rings (SSSR count). The van der Waals surface area contributed by atoms with E-state index in [1.54, 1.807) is 0 Å². The van der Waals surface area contributed by atoms with Crippen LogP contribution in [0.3, 0.4) is 0 Å². The zero-order chi connectivity index (χ0) is 11.2. The van der Waals surface area contributed by atoms with E-state index in [4.69, 9.17) is 4.74 Å². The van der Waals surface area contributed by atoms with Crippen LogP contribution in [0.2, 0.25) is 0 Å². The minimum Gasteiger partial charge on any atom is -0.468 e. The van der Waals surface area contributed by atoms with Gasteiger partial charge in [0.15, 0.2) is 0 Å². The van der Waals surface area contributed by atoms with Crippen LogP contribution in [0.15, 0.2) is 0 Å². The van der Waals surface area contributed by atoms with E-state index in [-0.39, 0.29) is 5.97 Å². The molecule has 0 amide bonds. The summed E-state index contributed by atoms with van der Waals surface area (Å²) in [7, 11) is 1.42. The molecule has 0 spiro atoms. The van der Waals surface area contributed by atoms with E-state index < -0.39 is 5.54 Å². The second-order valence-corrected chi connectivity index (χ2v) is 4.39. The SMILES string of the molecule is CCCC(C)CNC(C)(C)C(=O)OC. The molecule has 14 heavy (non-hydrogen) atoms. The van der Waals surface area contributed by atoms with E-state index in [1.807, 2.05) is 13.8 Å². The molecule has 0 saturated carbocycles. The summed E-state index contributed by atoms with van der Waals surface area (Å²) in [6.45, 7) is 8.90. The Bertz CT molecular complexity index is 178. The lowest BCUT2D eigenvalue weighted by Gasteiger charge is -2.25. The van der Waals surface area contributed by atoms with Gasteiger partial charge in [-0.05, 0) is 32.7 Å². The van der Waals surface area contributed by atoms with Gasteiger partial charge in [0.05, 0.1) is 7.11 Å². The fourth-order valence-electron chi connectivity index (χ4n) is 1.35. The lowest BCUT2D eigenvalue weighted by Crippen LogP contribution is -2.48. The first-order valence-electron chi connectivity index (χ1n) is 5.27. The zero-order valence-electron chi connectivity index (χ0n) is 10.0. The summed E-state index contributed by atoms with van der Waals surface area (Å²) in [6, 6.07) is 0. The third kappa shape index (κ3) is 4.61. The average molecular weight is 201 g/mol. The standard InChI is InChI=1S/C11H23NO2/c1-6-7-9(2)8-12-11(3,4)10(13)14-5/h9,12H,6-8H2,1-5H3. The molecular weight excluding hydrogens is 178 g/mol. The Morgan fingerprint density at radius 2 is 2.07 bits per heavy atom. The molecule has 0 saturated heterocycles. The Morgan fingerprint density at radius 1 is 1.50 bits per heavy atom. The molecule has 0 radical (unpaired) electrons. The molecule has 0 aromatic rings. The van der Waals surface area contributed by atoms with Crippen LogP contribution in [-0.4, -0.2) is 25.2 Å². The van der Waals surface area contributed by atoms with E-state index in [2.05, 4.69) is 19.2 Å². The number of methoxy groups -OCH3 is 1. The van der Waals surface area contributed by atoms with Gasteiger partial charge in [-0.2, -0.15) is 0 Å². The molecule has 0 heterocycles. The smallest absolute Gasteiger partial charge is 0.325 e. The molecule has 0 aliphatic heterocycles. The minimum atomic E-state index is -0.573. The van der Waals surface area contributed by atoms with E-state index >= 15 is 0 Å². The number of carbonyl (C=O) groups excluding carboxylic acids is 1. The summed E-state index contributed by atoms with van der Waals surface area (Å²) in [4.78, 5) is 11.3. The molecule has 0 aliphatic rings. The van der Waals surface area contributed by atoms with Crippen LogP contribution in [0.5, 0.6) is 0 Å². The molecule has 0 aromatic carbocycles. The van der Waals surface area contributed by atoms with Crippen LogP contribution >= 0.6 is 0 Å². The van der Waals surface area contributed by atoms with Gasteiger partial charge < -0.3 is 10.1 Å². The van der Waals surface area contributed by atoms with Crippen molar-refractivity contribution in [1.29, 1.82) is 0 Å². The van der Waals surface area contributed by atoms with Gasteiger partial charge in [0, 0.05) is 0 Å². The third-order valence-corrected chi connectivity index (χ3v) is 2.37. The molecule has 1 unspecified atom stereocenters. The van der Waals surface area contributed by atoms with Crippen LogP contribution in [0.4, 0.5) is 0 Å². The summed E-state index contributed by atoms with van der Waals surface area (Å²) in [5, 5.41) is 3.22. The molecule has 3 heteroatoms. The van der Waals surface area contributed by atoms with Crippen molar-refractivity contribution >= 4 is 5.97 Å². The fraction of sp³-hybridized carbons (Fsp3) is 0.909. The van der Waals surface area contributed by atoms with E-state index in [0.29, 0.717) is 5.92 Å². The second-order valence-electron chi connectivity index (χ2n) is 4.39. The molecule has 1 N–H and O–H groups in total. The number of esters is 1. The highest BCUT2D eigenvalue weighted by molar-refractivity contribution is 5.79. The molecule has 1 atom stereocenters. The minimum absolute atomic E-state index is 0.207. The maximum Gasteiger partial charge on any atom is 0.325 e. The number of hydrogen-bond donors (Lipinski definition) is 1. The van der Waals surface area contributed by atoms with Gasteiger partial charge >= 0.3 is 5.97 Å². The molecule has 0 bridgehead atoms. The Hall–Kier alpha value is -0.570. The van der Waals surface area contributed by atoms with Crippen molar-refractivity contribution in [1.82, 2.24) is 5.32 Å². The Labute approximate surface area is 87.2 Å².